The lowest BCUT2D eigenvalue weighted by atomic mass is 9.88. The Hall–Kier alpha value is -1.47. The number of rotatable bonds is 2. The lowest BCUT2D eigenvalue weighted by molar-refractivity contribution is -0.163. The molecule has 8 heteroatoms. The van der Waals surface area contributed by atoms with Crippen LogP contribution in [0.25, 0.3) is 0 Å². The second-order valence-corrected chi connectivity index (χ2v) is 6.55. The third kappa shape index (κ3) is 4.51. The SMILES string of the molecule is C[C@@H]1CCN(C(=O)[C@@H]2CCCN2C(=O)OCC(F)(F)F)C[C@@H]1C. The molecule has 2 aliphatic heterocycles. The van der Waals surface area contributed by atoms with Crippen LogP contribution in [0.5, 0.6) is 0 Å². The predicted molar refractivity (Wildman–Crippen MR) is 76.7 cm³/mol. The molecule has 5 nitrogen and oxygen atoms in total. The maximum atomic E-state index is 12.6. The summed E-state index contributed by atoms with van der Waals surface area (Å²) in [5.74, 6) is 0.737. The Morgan fingerprint density at radius 2 is 1.83 bits per heavy atom. The molecular weight excluding hydrogens is 313 g/mol. The van der Waals surface area contributed by atoms with Crippen molar-refractivity contribution in [2.45, 2.75) is 45.3 Å². The molecule has 2 rings (SSSR count). The molecule has 23 heavy (non-hydrogen) atoms. The van der Waals surface area contributed by atoms with Crippen LogP contribution in [0.15, 0.2) is 0 Å². The van der Waals surface area contributed by atoms with Crippen molar-refractivity contribution in [3.8, 4) is 0 Å². The molecule has 0 aromatic heterocycles. The van der Waals surface area contributed by atoms with Gasteiger partial charge in [-0.2, -0.15) is 13.2 Å². The average Bonchev–Trinajstić information content (AvgIpc) is 2.95. The highest BCUT2D eigenvalue weighted by molar-refractivity contribution is 5.86. The molecule has 0 spiro atoms. The van der Waals surface area contributed by atoms with Crippen LogP contribution < -0.4 is 0 Å². The third-order valence-corrected chi connectivity index (χ3v) is 4.78. The van der Waals surface area contributed by atoms with Gasteiger partial charge in [-0.1, -0.05) is 13.8 Å². The highest BCUT2D eigenvalue weighted by Gasteiger charge is 2.40. The van der Waals surface area contributed by atoms with Crippen LogP contribution in [-0.4, -0.2) is 60.3 Å². The lowest BCUT2D eigenvalue weighted by Gasteiger charge is -2.37. The molecule has 0 aromatic rings. The van der Waals surface area contributed by atoms with E-state index in [0.717, 1.165) is 11.3 Å². The van der Waals surface area contributed by atoms with Gasteiger partial charge in [0.05, 0.1) is 0 Å². The molecule has 2 heterocycles. The van der Waals surface area contributed by atoms with Gasteiger partial charge in [-0.15, -0.1) is 0 Å². The van der Waals surface area contributed by atoms with Crippen LogP contribution in [-0.2, 0) is 9.53 Å². The van der Waals surface area contributed by atoms with E-state index in [-0.39, 0.29) is 12.5 Å². The molecule has 132 valence electrons. The summed E-state index contributed by atoms with van der Waals surface area (Å²) in [6.07, 6.45) is -3.65. The molecule has 0 radical (unpaired) electrons. The monoisotopic (exact) mass is 336 g/mol. The minimum absolute atomic E-state index is 0.176. The number of halogens is 3. The summed E-state index contributed by atoms with van der Waals surface area (Å²) >= 11 is 0. The first-order chi connectivity index (χ1) is 10.7. The van der Waals surface area contributed by atoms with Crippen molar-refractivity contribution < 1.29 is 27.5 Å². The van der Waals surface area contributed by atoms with E-state index >= 15 is 0 Å². The van der Waals surface area contributed by atoms with Gasteiger partial charge in [0.2, 0.25) is 5.91 Å². The maximum Gasteiger partial charge on any atom is 0.422 e. The molecule has 2 fully saturated rings. The predicted octanol–water partition coefficient (Wildman–Crippen LogP) is 2.65. The number of carbonyl (C=O) groups is 2. The van der Waals surface area contributed by atoms with Crippen LogP contribution in [0, 0.1) is 11.8 Å². The van der Waals surface area contributed by atoms with Crippen molar-refractivity contribution in [3.63, 3.8) is 0 Å². The van der Waals surface area contributed by atoms with E-state index in [9.17, 15) is 22.8 Å². The fourth-order valence-corrected chi connectivity index (χ4v) is 3.14. The molecular formula is C15H23F3N2O3. The quantitative estimate of drug-likeness (QED) is 0.779. The van der Waals surface area contributed by atoms with Crippen LogP contribution in [0.3, 0.4) is 0 Å². The minimum Gasteiger partial charge on any atom is -0.440 e. The van der Waals surface area contributed by atoms with Gasteiger partial charge >= 0.3 is 12.3 Å². The number of ether oxygens (including phenoxy) is 1. The van der Waals surface area contributed by atoms with Crippen molar-refractivity contribution in [1.82, 2.24) is 9.80 Å². The molecule has 2 amide bonds. The summed E-state index contributed by atoms with van der Waals surface area (Å²) in [6.45, 7) is 4.11. The second kappa shape index (κ2) is 6.97. The number of hydrogen-bond donors (Lipinski definition) is 0. The van der Waals surface area contributed by atoms with Crippen molar-refractivity contribution in [3.05, 3.63) is 0 Å². The molecule has 3 atom stereocenters. The molecule has 0 aliphatic carbocycles. The first-order valence-corrected chi connectivity index (χ1v) is 7.98. The van der Waals surface area contributed by atoms with Gasteiger partial charge in [0.1, 0.15) is 6.04 Å². The molecule has 0 aromatic carbocycles. The van der Waals surface area contributed by atoms with Crippen LogP contribution in [0.2, 0.25) is 0 Å². The smallest absolute Gasteiger partial charge is 0.422 e. The zero-order valence-electron chi connectivity index (χ0n) is 13.4. The number of piperidine rings is 1. The van der Waals surface area contributed by atoms with Crippen molar-refractivity contribution in [2.24, 2.45) is 11.8 Å². The highest BCUT2D eigenvalue weighted by Crippen LogP contribution is 2.27. The van der Waals surface area contributed by atoms with Crippen molar-refractivity contribution in [2.75, 3.05) is 26.2 Å². The zero-order valence-corrected chi connectivity index (χ0v) is 13.4. The molecule has 2 saturated heterocycles. The molecule has 0 N–H and O–H groups in total. The first-order valence-electron chi connectivity index (χ1n) is 7.98. The fourth-order valence-electron chi connectivity index (χ4n) is 3.14. The van der Waals surface area contributed by atoms with E-state index in [4.69, 9.17) is 0 Å². The van der Waals surface area contributed by atoms with E-state index in [0.29, 0.717) is 37.8 Å². The van der Waals surface area contributed by atoms with Gasteiger partial charge in [-0.05, 0) is 31.1 Å². The minimum atomic E-state index is -4.56. The Kier molecular flexibility index (Phi) is 5.41. The zero-order chi connectivity index (χ0) is 17.2. The summed E-state index contributed by atoms with van der Waals surface area (Å²) in [6, 6.07) is -0.698. The molecule has 0 bridgehead atoms. The number of nitrogens with zero attached hydrogens (tertiary/aromatic N) is 2. The maximum absolute atomic E-state index is 12.6. The van der Waals surface area contributed by atoms with Gasteiger partial charge < -0.3 is 9.64 Å². The van der Waals surface area contributed by atoms with Crippen molar-refractivity contribution >= 4 is 12.0 Å². The Morgan fingerprint density at radius 1 is 1.13 bits per heavy atom. The Bertz CT molecular complexity index is 456. The summed E-state index contributed by atoms with van der Waals surface area (Å²) < 4.78 is 40.8. The molecule has 0 saturated carbocycles. The fraction of sp³-hybridized carbons (Fsp3) is 0.867. The van der Waals surface area contributed by atoms with Gasteiger partial charge in [0, 0.05) is 19.6 Å². The van der Waals surface area contributed by atoms with E-state index in [1.807, 2.05) is 0 Å². The third-order valence-electron chi connectivity index (χ3n) is 4.78. The van der Waals surface area contributed by atoms with E-state index in [1.54, 1.807) is 4.90 Å². The van der Waals surface area contributed by atoms with Crippen LogP contribution in [0.4, 0.5) is 18.0 Å². The summed E-state index contributed by atoms with van der Waals surface area (Å²) in [4.78, 5) is 27.3. The Balaban J connectivity index is 1.95. The average molecular weight is 336 g/mol. The van der Waals surface area contributed by atoms with Gasteiger partial charge in [0.25, 0.3) is 0 Å². The first kappa shape index (κ1) is 17.9. The van der Waals surface area contributed by atoms with Gasteiger partial charge in [-0.3, -0.25) is 9.69 Å². The largest absolute Gasteiger partial charge is 0.440 e. The van der Waals surface area contributed by atoms with Crippen LogP contribution in [0.1, 0.15) is 33.1 Å². The summed E-state index contributed by atoms with van der Waals surface area (Å²) in [5, 5.41) is 0. The Labute approximate surface area is 133 Å². The number of likely N-dealkylation sites (tertiary alicyclic amines) is 2. The standard InChI is InChI=1S/C15H23F3N2O3/c1-10-5-7-19(8-11(10)2)13(21)12-4-3-6-20(12)14(22)23-9-15(16,17)18/h10-12H,3-9H2,1-2H3/t10-,11+,12+/m1/s1. The lowest BCUT2D eigenvalue weighted by Crippen LogP contribution is -2.51. The second-order valence-electron chi connectivity index (χ2n) is 6.55. The molecule has 2 aliphatic rings. The number of alkyl halides is 3. The van der Waals surface area contributed by atoms with Gasteiger partial charge in [0.15, 0.2) is 6.61 Å². The number of hydrogen-bond acceptors (Lipinski definition) is 3. The number of carbonyl (C=O) groups excluding carboxylic acids is 2. The van der Waals surface area contributed by atoms with Gasteiger partial charge in [-0.25, -0.2) is 4.79 Å². The van der Waals surface area contributed by atoms with E-state index in [1.165, 1.54) is 0 Å². The van der Waals surface area contributed by atoms with Crippen molar-refractivity contribution in [1.29, 1.82) is 0 Å². The number of amides is 2. The van der Waals surface area contributed by atoms with Crippen LogP contribution >= 0.6 is 0 Å². The van der Waals surface area contributed by atoms with E-state index < -0.39 is 24.9 Å². The summed E-state index contributed by atoms with van der Waals surface area (Å²) in [5.41, 5.74) is 0. The van der Waals surface area contributed by atoms with E-state index in [2.05, 4.69) is 18.6 Å². The summed E-state index contributed by atoms with van der Waals surface area (Å²) in [7, 11) is 0. The highest BCUT2D eigenvalue weighted by atomic mass is 19.4. The molecule has 0 unspecified atom stereocenters. The Morgan fingerprint density at radius 3 is 2.43 bits per heavy atom. The topological polar surface area (TPSA) is 49.9 Å². The normalized spacial score (nSPS) is 28.8.